The zero-order valence-corrected chi connectivity index (χ0v) is 11.7. The molecule has 4 heteroatoms. The first kappa shape index (κ1) is 13.5. The van der Waals surface area contributed by atoms with Crippen molar-refractivity contribution in [3.8, 4) is 0 Å². The van der Waals surface area contributed by atoms with E-state index in [0.29, 0.717) is 18.4 Å². The molecule has 1 saturated carbocycles. The van der Waals surface area contributed by atoms with Gasteiger partial charge in [0.2, 0.25) is 5.89 Å². The molecule has 0 aliphatic heterocycles. The largest absolute Gasteiger partial charge is 0.339 e. The molecule has 1 aliphatic carbocycles. The molecule has 0 amide bonds. The highest BCUT2D eigenvalue weighted by Crippen LogP contribution is 2.34. The Labute approximate surface area is 109 Å². The fraction of sp³-hybridized carbons (Fsp3) is 0.857. The zero-order valence-electron chi connectivity index (χ0n) is 11.7. The van der Waals surface area contributed by atoms with Crippen LogP contribution in [-0.2, 0) is 0 Å². The van der Waals surface area contributed by atoms with Gasteiger partial charge in [-0.15, -0.1) is 0 Å². The maximum absolute atomic E-state index is 5.78. The molecule has 0 aromatic carbocycles. The molecule has 102 valence electrons. The van der Waals surface area contributed by atoms with Crippen LogP contribution in [-0.4, -0.2) is 16.7 Å². The van der Waals surface area contributed by atoms with Gasteiger partial charge in [0, 0.05) is 12.5 Å². The highest BCUT2D eigenvalue weighted by Gasteiger charge is 2.26. The van der Waals surface area contributed by atoms with E-state index in [0.717, 1.165) is 17.6 Å². The second kappa shape index (κ2) is 5.83. The Kier molecular flexibility index (Phi) is 4.38. The van der Waals surface area contributed by atoms with Crippen molar-refractivity contribution >= 4 is 0 Å². The fourth-order valence-corrected chi connectivity index (χ4v) is 2.74. The van der Waals surface area contributed by atoms with Crippen LogP contribution in [0.2, 0.25) is 0 Å². The monoisotopic (exact) mass is 251 g/mol. The van der Waals surface area contributed by atoms with Gasteiger partial charge in [0.05, 0.1) is 5.92 Å². The van der Waals surface area contributed by atoms with Crippen molar-refractivity contribution in [1.29, 1.82) is 0 Å². The topological polar surface area (TPSA) is 64.9 Å². The van der Waals surface area contributed by atoms with Gasteiger partial charge in [0.25, 0.3) is 0 Å². The van der Waals surface area contributed by atoms with Crippen molar-refractivity contribution in [1.82, 2.24) is 10.1 Å². The van der Waals surface area contributed by atoms with E-state index in [4.69, 9.17) is 10.3 Å². The van der Waals surface area contributed by atoms with Crippen molar-refractivity contribution in [3.05, 3.63) is 11.7 Å². The van der Waals surface area contributed by atoms with Gasteiger partial charge in [-0.1, -0.05) is 38.8 Å². The summed E-state index contributed by atoms with van der Waals surface area (Å²) >= 11 is 0. The second-order valence-corrected chi connectivity index (χ2v) is 6.03. The summed E-state index contributed by atoms with van der Waals surface area (Å²) < 4.78 is 5.42. The molecule has 1 atom stereocenters. The van der Waals surface area contributed by atoms with Gasteiger partial charge in [-0.05, 0) is 24.7 Å². The number of hydrogen-bond donors (Lipinski definition) is 1. The summed E-state index contributed by atoms with van der Waals surface area (Å²) in [4.78, 5) is 4.59. The van der Waals surface area contributed by atoms with Crippen molar-refractivity contribution in [3.63, 3.8) is 0 Å². The smallest absolute Gasteiger partial charge is 0.231 e. The molecule has 0 bridgehead atoms. The molecule has 2 N–H and O–H groups in total. The fourth-order valence-electron chi connectivity index (χ4n) is 2.74. The van der Waals surface area contributed by atoms with Gasteiger partial charge in [-0.3, -0.25) is 0 Å². The maximum atomic E-state index is 5.78. The number of rotatable bonds is 4. The van der Waals surface area contributed by atoms with Crippen molar-refractivity contribution in [2.24, 2.45) is 17.6 Å². The molecule has 0 saturated heterocycles. The highest BCUT2D eigenvalue weighted by atomic mass is 16.5. The Morgan fingerprint density at radius 1 is 1.28 bits per heavy atom. The van der Waals surface area contributed by atoms with Crippen LogP contribution in [0.4, 0.5) is 0 Å². The molecule has 18 heavy (non-hydrogen) atoms. The van der Waals surface area contributed by atoms with E-state index in [-0.39, 0.29) is 5.92 Å². The van der Waals surface area contributed by atoms with E-state index in [1.807, 2.05) is 0 Å². The summed E-state index contributed by atoms with van der Waals surface area (Å²) in [6.45, 7) is 7.18. The lowest BCUT2D eigenvalue weighted by atomic mass is 9.83. The summed E-state index contributed by atoms with van der Waals surface area (Å²) in [6.07, 6.45) is 4.93. The third kappa shape index (κ3) is 2.91. The van der Waals surface area contributed by atoms with Gasteiger partial charge in [-0.2, -0.15) is 4.98 Å². The SMILES string of the molecule is CC1CCC(c2noc(C(CN)C(C)C)n2)CC1. The molecule has 0 spiro atoms. The Morgan fingerprint density at radius 3 is 2.50 bits per heavy atom. The van der Waals surface area contributed by atoms with Crippen LogP contribution in [0.25, 0.3) is 0 Å². The standard InChI is InChI=1S/C14H25N3O/c1-9(2)12(8-15)14-16-13(17-18-14)11-6-4-10(3)5-7-11/h9-12H,4-8,15H2,1-3H3. The van der Waals surface area contributed by atoms with Gasteiger partial charge < -0.3 is 10.3 Å². The molecule has 1 heterocycles. The molecule has 4 nitrogen and oxygen atoms in total. The Morgan fingerprint density at radius 2 is 1.94 bits per heavy atom. The van der Waals surface area contributed by atoms with Gasteiger partial charge in [-0.25, -0.2) is 0 Å². The molecule has 0 radical (unpaired) electrons. The van der Waals surface area contributed by atoms with E-state index < -0.39 is 0 Å². The van der Waals surface area contributed by atoms with Gasteiger partial charge in [0.1, 0.15) is 0 Å². The average molecular weight is 251 g/mol. The van der Waals surface area contributed by atoms with Crippen molar-refractivity contribution in [2.45, 2.75) is 58.3 Å². The predicted octanol–water partition coefficient (Wildman–Crippen LogP) is 3.06. The summed E-state index contributed by atoms with van der Waals surface area (Å²) in [5.74, 6) is 3.59. The molecule has 1 aromatic heterocycles. The average Bonchev–Trinajstić information content (AvgIpc) is 2.80. The van der Waals surface area contributed by atoms with Gasteiger partial charge >= 0.3 is 0 Å². The highest BCUT2D eigenvalue weighted by molar-refractivity contribution is 5.01. The number of nitrogens with two attached hydrogens (primary N) is 1. The minimum atomic E-state index is 0.189. The van der Waals surface area contributed by atoms with E-state index >= 15 is 0 Å². The first-order chi connectivity index (χ1) is 8.61. The summed E-state index contributed by atoms with van der Waals surface area (Å²) in [6, 6.07) is 0. The van der Waals surface area contributed by atoms with E-state index in [2.05, 4.69) is 30.9 Å². The van der Waals surface area contributed by atoms with Crippen LogP contribution >= 0.6 is 0 Å². The zero-order chi connectivity index (χ0) is 13.1. The van der Waals surface area contributed by atoms with Crippen LogP contribution in [0.3, 0.4) is 0 Å². The quantitative estimate of drug-likeness (QED) is 0.893. The molecule has 1 fully saturated rings. The molecular weight excluding hydrogens is 226 g/mol. The maximum Gasteiger partial charge on any atom is 0.231 e. The van der Waals surface area contributed by atoms with Gasteiger partial charge in [0.15, 0.2) is 5.82 Å². The minimum absolute atomic E-state index is 0.189. The van der Waals surface area contributed by atoms with Crippen LogP contribution in [0.5, 0.6) is 0 Å². The minimum Gasteiger partial charge on any atom is -0.339 e. The summed E-state index contributed by atoms with van der Waals surface area (Å²) in [7, 11) is 0. The normalized spacial score (nSPS) is 26.5. The Balaban J connectivity index is 2.05. The molecule has 1 aromatic rings. The first-order valence-corrected chi connectivity index (χ1v) is 7.15. The lowest BCUT2D eigenvalue weighted by molar-refractivity contribution is 0.308. The second-order valence-electron chi connectivity index (χ2n) is 6.03. The van der Waals surface area contributed by atoms with Crippen LogP contribution in [0.15, 0.2) is 4.52 Å². The first-order valence-electron chi connectivity index (χ1n) is 7.15. The lowest BCUT2D eigenvalue weighted by Gasteiger charge is -2.23. The number of aromatic nitrogens is 2. The Hall–Kier alpha value is -0.900. The van der Waals surface area contributed by atoms with Crippen LogP contribution in [0.1, 0.15) is 70.0 Å². The van der Waals surface area contributed by atoms with Crippen LogP contribution < -0.4 is 5.73 Å². The molecule has 2 rings (SSSR count). The third-order valence-corrected chi connectivity index (χ3v) is 4.21. The predicted molar refractivity (Wildman–Crippen MR) is 71.3 cm³/mol. The van der Waals surface area contributed by atoms with E-state index in [1.54, 1.807) is 0 Å². The van der Waals surface area contributed by atoms with Crippen LogP contribution in [0, 0.1) is 11.8 Å². The molecule has 1 unspecified atom stereocenters. The van der Waals surface area contributed by atoms with E-state index in [9.17, 15) is 0 Å². The lowest BCUT2D eigenvalue weighted by Crippen LogP contribution is -2.18. The van der Waals surface area contributed by atoms with Crippen molar-refractivity contribution in [2.75, 3.05) is 6.54 Å². The molecule has 1 aliphatic rings. The van der Waals surface area contributed by atoms with Crippen molar-refractivity contribution < 1.29 is 4.52 Å². The molecular formula is C14H25N3O. The Bertz CT molecular complexity index is 367. The number of hydrogen-bond acceptors (Lipinski definition) is 4. The van der Waals surface area contributed by atoms with E-state index in [1.165, 1.54) is 25.7 Å². The summed E-state index contributed by atoms with van der Waals surface area (Å²) in [5.41, 5.74) is 5.78. The third-order valence-electron chi connectivity index (χ3n) is 4.21. The summed E-state index contributed by atoms with van der Waals surface area (Å²) in [5, 5.41) is 4.17. The number of nitrogens with zero attached hydrogens (tertiary/aromatic N) is 2.